The Bertz CT molecular complexity index is 1430. The second-order valence-electron chi connectivity index (χ2n) is 12.6. The predicted molar refractivity (Wildman–Crippen MR) is 182 cm³/mol. The first-order valence-corrected chi connectivity index (χ1v) is 17.4. The molecule has 0 aromatic heterocycles. The second kappa shape index (κ2) is 20.4. The number of rotatable bonds is 23. The fourth-order valence-electron chi connectivity index (χ4n) is 5.07. The van der Waals surface area contributed by atoms with E-state index in [9.17, 15) is 35.5 Å². The largest absolute Gasteiger partial charge is 0.494 e. The molecular weight excluding hydrogens is 681 g/mol. The van der Waals surface area contributed by atoms with Crippen molar-refractivity contribution in [3.63, 3.8) is 0 Å². The first kappa shape index (κ1) is 41.8. The monoisotopic (exact) mass is 728 g/mol. The molecule has 3 rings (SSSR count). The van der Waals surface area contributed by atoms with Crippen LogP contribution < -0.4 is 9.47 Å². The molecule has 5 nitrogen and oxygen atoms in total. The average molecular weight is 729 g/mol. The Morgan fingerprint density at radius 1 is 0.667 bits per heavy atom. The molecule has 0 aliphatic carbocycles. The fraction of sp³-hybridized carbons (Fsp3) is 0.513. The maximum atomic E-state index is 13.2. The quantitative estimate of drug-likeness (QED) is 0.0421. The van der Waals surface area contributed by atoms with E-state index in [0.717, 1.165) is 23.1 Å². The molecule has 3 aromatic carbocycles. The molecular formula is C39H47F7O5. The van der Waals surface area contributed by atoms with Crippen LogP contribution in [0.4, 0.5) is 30.7 Å². The highest BCUT2D eigenvalue weighted by Crippen LogP contribution is 2.46. The van der Waals surface area contributed by atoms with Crippen molar-refractivity contribution < 1.29 is 54.5 Å². The van der Waals surface area contributed by atoms with Gasteiger partial charge < -0.3 is 18.9 Å². The summed E-state index contributed by atoms with van der Waals surface area (Å²) in [5.74, 6) is -11.1. The number of hydrogen-bond donors (Lipinski definition) is 0. The normalized spacial score (nSPS) is 12.9. The molecule has 12 heteroatoms. The van der Waals surface area contributed by atoms with Crippen molar-refractivity contribution in [2.75, 3.05) is 19.8 Å². The minimum absolute atomic E-state index is 0.232. The van der Waals surface area contributed by atoms with Crippen LogP contribution in [0.15, 0.2) is 72.8 Å². The van der Waals surface area contributed by atoms with Gasteiger partial charge in [-0.15, -0.1) is 0 Å². The number of alkyl halides is 7. The standard InChI is InChI=1S/C39H47F7O5/c1-3-4-5-9-12-29(2)50-27-30-13-15-31(16-14-30)32-17-23-35(24-18-32)51-36(47)33-19-21-34(22-20-33)49-26-11-8-6-7-10-25-48-28-37(40,41)38(42,43)39(44,45)46/h13-24,29H,3-12,25-28H2,1-2H3/t29-/m0/s1. The van der Waals surface area contributed by atoms with Gasteiger partial charge >= 0.3 is 24.0 Å². The molecule has 0 spiro atoms. The second-order valence-corrected chi connectivity index (χ2v) is 12.6. The summed E-state index contributed by atoms with van der Waals surface area (Å²) in [5, 5.41) is 0. The molecule has 0 amide bonds. The van der Waals surface area contributed by atoms with Gasteiger partial charge in [-0.1, -0.05) is 88.3 Å². The van der Waals surface area contributed by atoms with Gasteiger partial charge in [-0.05, 0) is 79.3 Å². The van der Waals surface area contributed by atoms with Gasteiger partial charge in [0.1, 0.15) is 18.1 Å². The summed E-state index contributed by atoms with van der Waals surface area (Å²) in [6.07, 6.45) is 2.66. The van der Waals surface area contributed by atoms with Crippen LogP contribution in [0.3, 0.4) is 0 Å². The molecule has 51 heavy (non-hydrogen) atoms. The summed E-state index contributed by atoms with van der Waals surface area (Å²) in [6, 6.07) is 22.0. The Morgan fingerprint density at radius 3 is 1.82 bits per heavy atom. The number of carbonyl (C=O) groups is 1. The van der Waals surface area contributed by atoms with Gasteiger partial charge in [-0.3, -0.25) is 0 Å². The van der Waals surface area contributed by atoms with E-state index in [4.69, 9.17) is 14.2 Å². The first-order valence-electron chi connectivity index (χ1n) is 17.4. The number of unbranched alkanes of at least 4 members (excludes halogenated alkanes) is 7. The lowest BCUT2D eigenvalue weighted by molar-refractivity contribution is -0.361. The zero-order valence-electron chi connectivity index (χ0n) is 29.1. The maximum Gasteiger partial charge on any atom is 0.459 e. The Labute approximate surface area is 295 Å². The fourth-order valence-corrected chi connectivity index (χ4v) is 5.07. The summed E-state index contributed by atoms with van der Waals surface area (Å²) in [7, 11) is 0. The van der Waals surface area contributed by atoms with Crippen molar-refractivity contribution in [2.24, 2.45) is 0 Å². The Hall–Kier alpha value is -3.64. The number of hydrogen-bond acceptors (Lipinski definition) is 5. The lowest BCUT2D eigenvalue weighted by Gasteiger charge is -2.27. The molecule has 0 radical (unpaired) electrons. The molecule has 0 fully saturated rings. The number of ether oxygens (including phenoxy) is 4. The third kappa shape index (κ3) is 13.8. The molecule has 1 atom stereocenters. The van der Waals surface area contributed by atoms with E-state index >= 15 is 0 Å². The van der Waals surface area contributed by atoms with Gasteiger partial charge in [0, 0.05) is 6.61 Å². The molecule has 0 bridgehead atoms. The van der Waals surface area contributed by atoms with E-state index in [2.05, 4.69) is 30.7 Å². The van der Waals surface area contributed by atoms with Gasteiger partial charge in [-0.2, -0.15) is 30.7 Å². The zero-order chi connectivity index (χ0) is 37.3. The molecule has 282 valence electrons. The smallest absolute Gasteiger partial charge is 0.459 e. The van der Waals surface area contributed by atoms with Gasteiger partial charge in [0.15, 0.2) is 0 Å². The topological polar surface area (TPSA) is 54.0 Å². The van der Waals surface area contributed by atoms with E-state index in [1.165, 1.54) is 25.7 Å². The van der Waals surface area contributed by atoms with Gasteiger partial charge in [-0.25, -0.2) is 4.79 Å². The molecule has 0 unspecified atom stereocenters. The van der Waals surface area contributed by atoms with Crippen molar-refractivity contribution in [3.05, 3.63) is 83.9 Å². The molecule has 0 aliphatic rings. The Balaban J connectivity index is 1.30. The highest BCUT2D eigenvalue weighted by Gasteiger charge is 2.72. The van der Waals surface area contributed by atoms with Crippen molar-refractivity contribution in [2.45, 2.75) is 109 Å². The molecule has 3 aromatic rings. The lowest BCUT2D eigenvalue weighted by atomic mass is 10.0. The molecule has 0 aliphatic heterocycles. The van der Waals surface area contributed by atoms with Gasteiger partial charge in [0.05, 0.1) is 24.9 Å². The van der Waals surface area contributed by atoms with E-state index in [1.807, 2.05) is 24.3 Å². The summed E-state index contributed by atoms with van der Waals surface area (Å²) < 4.78 is 110. The SMILES string of the molecule is CCCCCC[C@H](C)OCc1ccc(-c2ccc(OC(=O)c3ccc(OCCCCCCCOCC(F)(F)C(F)(F)C(F)(F)F)cc3)cc2)cc1. The van der Waals surface area contributed by atoms with Crippen LogP contribution in [0.5, 0.6) is 11.5 Å². The van der Waals surface area contributed by atoms with Crippen molar-refractivity contribution in [1.82, 2.24) is 0 Å². The number of halogens is 7. The van der Waals surface area contributed by atoms with Crippen LogP contribution in [0.2, 0.25) is 0 Å². The zero-order valence-corrected chi connectivity index (χ0v) is 29.1. The summed E-state index contributed by atoms with van der Waals surface area (Å²) >= 11 is 0. The minimum Gasteiger partial charge on any atom is -0.494 e. The predicted octanol–water partition coefficient (Wildman–Crippen LogP) is 11.6. The third-order valence-electron chi connectivity index (χ3n) is 8.24. The average Bonchev–Trinajstić information content (AvgIpc) is 3.10. The van der Waals surface area contributed by atoms with Crippen molar-refractivity contribution in [3.8, 4) is 22.6 Å². The molecule has 0 heterocycles. The first-order chi connectivity index (χ1) is 24.2. The van der Waals surface area contributed by atoms with Crippen molar-refractivity contribution >= 4 is 5.97 Å². The maximum absolute atomic E-state index is 13.2. The Kier molecular flexibility index (Phi) is 16.7. The van der Waals surface area contributed by atoms with Gasteiger partial charge in [0.2, 0.25) is 0 Å². The molecule has 0 saturated heterocycles. The van der Waals surface area contributed by atoms with Crippen LogP contribution in [0, 0.1) is 0 Å². The van der Waals surface area contributed by atoms with E-state index < -0.39 is 30.6 Å². The van der Waals surface area contributed by atoms with Gasteiger partial charge in [0.25, 0.3) is 0 Å². The van der Waals surface area contributed by atoms with Crippen LogP contribution in [-0.4, -0.2) is 49.9 Å². The Morgan fingerprint density at radius 2 is 1.22 bits per heavy atom. The number of carbonyl (C=O) groups excluding carboxylic acids is 1. The van der Waals surface area contributed by atoms with E-state index in [0.29, 0.717) is 56.0 Å². The van der Waals surface area contributed by atoms with Crippen LogP contribution in [-0.2, 0) is 16.1 Å². The highest BCUT2D eigenvalue weighted by atomic mass is 19.4. The third-order valence-corrected chi connectivity index (χ3v) is 8.24. The number of benzene rings is 3. The van der Waals surface area contributed by atoms with Crippen LogP contribution >= 0.6 is 0 Å². The summed E-state index contributed by atoms with van der Waals surface area (Å²) in [6.45, 7) is 2.91. The summed E-state index contributed by atoms with van der Waals surface area (Å²) in [4.78, 5) is 12.7. The molecule has 0 saturated carbocycles. The number of esters is 1. The highest BCUT2D eigenvalue weighted by molar-refractivity contribution is 5.91. The minimum atomic E-state index is -6.36. The van der Waals surface area contributed by atoms with Crippen LogP contribution in [0.1, 0.15) is 94.0 Å². The van der Waals surface area contributed by atoms with Crippen molar-refractivity contribution in [1.29, 1.82) is 0 Å². The lowest BCUT2D eigenvalue weighted by Crippen LogP contribution is -2.54. The van der Waals surface area contributed by atoms with E-state index in [1.54, 1.807) is 36.4 Å². The summed E-state index contributed by atoms with van der Waals surface area (Å²) in [5.41, 5.74) is 3.49. The van der Waals surface area contributed by atoms with E-state index in [-0.39, 0.29) is 19.1 Å². The molecule has 0 N–H and O–H groups in total. The van der Waals surface area contributed by atoms with Crippen LogP contribution in [0.25, 0.3) is 11.1 Å².